The largest absolute Gasteiger partial charge is 0.302 e. The van der Waals surface area contributed by atoms with Crippen LogP contribution in [0.3, 0.4) is 0 Å². The molecule has 0 radical (unpaired) electrons. The molecular formula is C12H15NS. The van der Waals surface area contributed by atoms with Gasteiger partial charge in [0, 0.05) is 17.2 Å². The van der Waals surface area contributed by atoms with Gasteiger partial charge >= 0.3 is 0 Å². The number of hydrogen-bond acceptors (Lipinski definition) is 2. The normalized spacial score (nSPS) is 34.9. The number of rotatable bonds is 2. The highest BCUT2D eigenvalue weighted by atomic mass is 32.1. The van der Waals surface area contributed by atoms with Crippen molar-refractivity contribution in [2.45, 2.75) is 24.1 Å². The first-order chi connectivity index (χ1) is 6.83. The lowest BCUT2D eigenvalue weighted by atomic mass is 9.92. The molecule has 14 heavy (non-hydrogen) atoms. The predicted octanol–water partition coefficient (Wildman–Crippen LogP) is 1.78. The van der Waals surface area contributed by atoms with E-state index in [1.165, 1.54) is 5.57 Å². The molecule has 0 aliphatic heterocycles. The highest BCUT2D eigenvalue weighted by Crippen LogP contribution is 2.38. The first-order valence-electron chi connectivity index (χ1n) is 5.03. The first kappa shape index (κ1) is 9.89. The molecule has 0 aromatic carbocycles. The lowest BCUT2D eigenvalue weighted by Gasteiger charge is -2.23. The summed E-state index contributed by atoms with van der Waals surface area (Å²) in [6.45, 7) is 0.648. The van der Waals surface area contributed by atoms with Crippen LogP contribution in [0.15, 0.2) is 23.8 Å². The van der Waals surface area contributed by atoms with E-state index in [1.54, 1.807) is 0 Å². The minimum Gasteiger partial charge on any atom is -0.302 e. The molecular weight excluding hydrogens is 190 g/mol. The third kappa shape index (κ3) is 1.75. The molecule has 1 nitrogen and oxygen atoms in total. The minimum atomic E-state index is 0.416. The summed E-state index contributed by atoms with van der Waals surface area (Å²) in [6.07, 6.45) is 14.1. The topological polar surface area (TPSA) is 12.0 Å². The van der Waals surface area contributed by atoms with E-state index in [2.05, 4.69) is 42.1 Å². The number of hydrogen-bond donors (Lipinski definition) is 2. The maximum atomic E-state index is 5.25. The summed E-state index contributed by atoms with van der Waals surface area (Å²) in [6, 6.07) is 0.450. The van der Waals surface area contributed by atoms with Crippen molar-refractivity contribution in [3.63, 3.8) is 0 Å². The Labute approximate surface area is 91.1 Å². The molecule has 0 saturated heterocycles. The summed E-state index contributed by atoms with van der Waals surface area (Å²) in [5, 5.41) is 3.81. The summed E-state index contributed by atoms with van der Waals surface area (Å²) in [7, 11) is 0. The van der Waals surface area contributed by atoms with E-state index < -0.39 is 0 Å². The second kappa shape index (κ2) is 4.25. The fourth-order valence-corrected chi connectivity index (χ4v) is 2.90. The molecule has 2 heteroatoms. The maximum absolute atomic E-state index is 5.25. The van der Waals surface area contributed by atoms with Gasteiger partial charge in [-0.2, -0.15) is 12.6 Å². The lowest BCUT2D eigenvalue weighted by molar-refractivity contribution is 0.457. The molecule has 1 saturated carbocycles. The molecule has 1 unspecified atom stereocenters. The molecule has 1 N–H and O–H groups in total. The molecule has 0 heterocycles. The van der Waals surface area contributed by atoms with Crippen molar-refractivity contribution in [2.75, 3.05) is 6.54 Å². The summed E-state index contributed by atoms with van der Waals surface area (Å²) >= 11 is 4.61. The van der Waals surface area contributed by atoms with E-state index in [1.807, 2.05) is 0 Å². The Bertz CT molecular complexity index is 311. The molecule has 0 bridgehead atoms. The van der Waals surface area contributed by atoms with Crippen LogP contribution < -0.4 is 5.32 Å². The third-order valence-electron chi connectivity index (χ3n) is 3.05. The molecule has 0 aromatic heterocycles. The molecule has 2 aliphatic carbocycles. The Kier molecular flexibility index (Phi) is 3.00. The van der Waals surface area contributed by atoms with E-state index >= 15 is 0 Å². The fraction of sp³-hybridized carbons (Fsp3) is 0.500. The van der Waals surface area contributed by atoms with Crippen LogP contribution in [0.2, 0.25) is 0 Å². The smallest absolute Gasteiger partial charge is 0.0576 e. The Morgan fingerprint density at radius 3 is 3.29 bits per heavy atom. The van der Waals surface area contributed by atoms with Gasteiger partial charge in [-0.15, -0.1) is 6.42 Å². The van der Waals surface area contributed by atoms with Crippen LogP contribution in [0.5, 0.6) is 0 Å². The van der Waals surface area contributed by atoms with Crippen molar-refractivity contribution >= 4 is 12.6 Å². The van der Waals surface area contributed by atoms with Gasteiger partial charge < -0.3 is 5.32 Å². The van der Waals surface area contributed by atoms with E-state index in [4.69, 9.17) is 6.42 Å². The third-order valence-corrected chi connectivity index (χ3v) is 3.55. The summed E-state index contributed by atoms with van der Waals surface area (Å²) in [5.41, 5.74) is 1.53. The van der Waals surface area contributed by atoms with Crippen LogP contribution >= 0.6 is 12.6 Å². The van der Waals surface area contributed by atoms with E-state index in [0.29, 0.717) is 23.8 Å². The monoisotopic (exact) mass is 205 g/mol. The van der Waals surface area contributed by atoms with Crippen LogP contribution in [0.1, 0.15) is 12.8 Å². The molecule has 0 spiro atoms. The van der Waals surface area contributed by atoms with Crippen molar-refractivity contribution in [3.8, 4) is 12.3 Å². The van der Waals surface area contributed by atoms with Gasteiger partial charge in [0.15, 0.2) is 0 Å². The van der Waals surface area contributed by atoms with Crippen LogP contribution in [-0.2, 0) is 0 Å². The maximum Gasteiger partial charge on any atom is 0.0576 e. The molecule has 0 amide bonds. The molecule has 0 aromatic rings. The number of allylic oxidation sites excluding steroid dienone is 3. The molecule has 3 atom stereocenters. The minimum absolute atomic E-state index is 0.416. The second-order valence-electron chi connectivity index (χ2n) is 3.89. The zero-order valence-corrected chi connectivity index (χ0v) is 9.00. The fourth-order valence-electron chi connectivity index (χ4n) is 2.38. The van der Waals surface area contributed by atoms with Gasteiger partial charge in [-0.25, -0.2) is 0 Å². The van der Waals surface area contributed by atoms with E-state index in [0.717, 1.165) is 12.8 Å². The average Bonchev–Trinajstić information content (AvgIpc) is 2.51. The number of nitrogens with one attached hydrogen (secondary N) is 1. The number of terminal acetylenes is 1. The van der Waals surface area contributed by atoms with Crippen LogP contribution in [0.25, 0.3) is 0 Å². The number of fused-ring (bicyclic) bond motifs is 1. The van der Waals surface area contributed by atoms with Crippen LogP contribution in [0, 0.1) is 18.3 Å². The van der Waals surface area contributed by atoms with Gasteiger partial charge in [0.25, 0.3) is 0 Å². The van der Waals surface area contributed by atoms with Gasteiger partial charge in [0.2, 0.25) is 0 Å². The molecule has 74 valence electrons. The van der Waals surface area contributed by atoms with Gasteiger partial charge in [0.1, 0.15) is 0 Å². The quantitative estimate of drug-likeness (QED) is 0.517. The Balaban J connectivity index is 2.07. The Morgan fingerprint density at radius 1 is 1.64 bits per heavy atom. The van der Waals surface area contributed by atoms with E-state index in [-0.39, 0.29) is 0 Å². The van der Waals surface area contributed by atoms with Crippen molar-refractivity contribution in [3.05, 3.63) is 23.8 Å². The zero-order valence-electron chi connectivity index (χ0n) is 8.11. The molecule has 1 fully saturated rings. The predicted molar refractivity (Wildman–Crippen MR) is 63.3 cm³/mol. The molecule has 2 aliphatic rings. The summed E-state index contributed by atoms with van der Waals surface area (Å²) < 4.78 is 0. The lowest BCUT2D eigenvalue weighted by Crippen LogP contribution is -2.38. The SMILES string of the molecule is C#CCN[C@H]1C2CC=CC=C2C[C@@H]1S. The van der Waals surface area contributed by atoms with Gasteiger partial charge in [0.05, 0.1) is 6.54 Å². The summed E-state index contributed by atoms with van der Waals surface area (Å²) in [4.78, 5) is 0. The highest BCUT2D eigenvalue weighted by molar-refractivity contribution is 7.81. The Morgan fingerprint density at radius 2 is 2.50 bits per heavy atom. The van der Waals surface area contributed by atoms with Crippen molar-refractivity contribution < 1.29 is 0 Å². The first-order valence-corrected chi connectivity index (χ1v) is 5.55. The van der Waals surface area contributed by atoms with E-state index in [9.17, 15) is 0 Å². The van der Waals surface area contributed by atoms with Crippen molar-refractivity contribution in [1.82, 2.24) is 5.32 Å². The van der Waals surface area contributed by atoms with Gasteiger partial charge in [-0.1, -0.05) is 29.7 Å². The average molecular weight is 205 g/mol. The second-order valence-corrected chi connectivity index (χ2v) is 4.56. The van der Waals surface area contributed by atoms with Gasteiger partial charge in [-0.05, 0) is 12.8 Å². The van der Waals surface area contributed by atoms with Gasteiger partial charge in [-0.3, -0.25) is 0 Å². The standard InChI is InChI=1S/C12H15NS/c1-2-7-13-12-10-6-4-3-5-9(10)8-11(12)14/h1,3-5,10-14H,6-8H2/t10?,11-,12-/m0/s1. The zero-order chi connectivity index (χ0) is 9.97. The van der Waals surface area contributed by atoms with Crippen molar-refractivity contribution in [1.29, 1.82) is 0 Å². The van der Waals surface area contributed by atoms with Crippen molar-refractivity contribution in [2.24, 2.45) is 5.92 Å². The number of thiol groups is 1. The molecule has 2 rings (SSSR count). The Hall–Kier alpha value is -0.650. The highest BCUT2D eigenvalue weighted by Gasteiger charge is 2.36. The summed E-state index contributed by atoms with van der Waals surface area (Å²) in [5.74, 6) is 3.25. The van der Waals surface area contributed by atoms with Crippen LogP contribution in [-0.4, -0.2) is 17.8 Å². The van der Waals surface area contributed by atoms with Crippen LogP contribution in [0.4, 0.5) is 0 Å².